The van der Waals surface area contributed by atoms with Crippen molar-refractivity contribution in [3.63, 3.8) is 0 Å². The van der Waals surface area contributed by atoms with Crippen LogP contribution in [0.5, 0.6) is 0 Å². The lowest BCUT2D eigenvalue weighted by Gasteiger charge is -2.16. The van der Waals surface area contributed by atoms with Crippen LogP contribution in [0.1, 0.15) is 24.1 Å². The minimum Gasteiger partial charge on any atom is -0.376 e. The van der Waals surface area contributed by atoms with Gasteiger partial charge in [0.05, 0.1) is 21.8 Å². The Labute approximate surface area is 121 Å². The molecule has 104 valence electrons. The normalized spacial score (nSPS) is 11.9. The number of aromatic nitrogens is 1. The Morgan fingerprint density at radius 1 is 1.40 bits per heavy atom. The highest BCUT2D eigenvalue weighted by Gasteiger charge is 2.15. The second kappa shape index (κ2) is 5.88. The molecule has 2 rings (SSSR count). The molecule has 1 aromatic heterocycles. The SMILES string of the molecule is Cc1ccc(C(C)Nc2cnccc2Cl)cc1[N+](=O)[O-]. The Hall–Kier alpha value is -2.14. The van der Waals surface area contributed by atoms with E-state index in [9.17, 15) is 10.1 Å². The summed E-state index contributed by atoms with van der Waals surface area (Å²) in [4.78, 5) is 14.6. The summed E-state index contributed by atoms with van der Waals surface area (Å²) in [6.07, 6.45) is 3.23. The standard InChI is InChI=1S/C14H14ClN3O2/c1-9-3-4-11(7-14(9)18(19)20)10(2)17-13-8-16-6-5-12(13)15/h3-8,10,17H,1-2H3. The largest absolute Gasteiger partial charge is 0.376 e. The van der Waals surface area contributed by atoms with E-state index in [-0.39, 0.29) is 16.7 Å². The zero-order valence-corrected chi connectivity index (χ0v) is 11.9. The van der Waals surface area contributed by atoms with E-state index < -0.39 is 0 Å². The summed E-state index contributed by atoms with van der Waals surface area (Å²) in [5, 5.41) is 14.7. The lowest BCUT2D eigenvalue weighted by atomic mass is 10.0. The number of pyridine rings is 1. The molecule has 0 aliphatic carbocycles. The van der Waals surface area contributed by atoms with Crippen molar-refractivity contribution in [3.05, 3.63) is 62.9 Å². The van der Waals surface area contributed by atoms with Crippen LogP contribution in [0.25, 0.3) is 0 Å². The lowest BCUT2D eigenvalue weighted by Crippen LogP contribution is -2.08. The molecule has 1 heterocycles. The average molecular weight is 292 g/mol. The van der Waals surface area contributed by atoms with E-state index in [1.165, 1.54) is 0 Å². The molecule has 0 saturated carbocycles. The number of anilines is 1. The molecule has 0 fully saturated rings. The summed E-state index contributed by atoms with van der Waals surface area (Å²) in [5.41, 5.74) is 2.28. The van der Waals surface area contributed by atoms with E-state index in [4.69, 9.17) is 11.6 Å². The zero-order valence-electron chi connectivity index (χ0n) is 11.1. The topological polar surface area (TPSA) is 68.1 Å². The molecule has 1 atom stereocenters. The molecule has 6 heteroatoms. The maximum Gasteiger partial charge on any atom is 0.272 e. The van der Waals surface area contributed by atoms with Crippen molar-refractivity contribution in [3.8, 4) is 0 Å². The number of hydrogen-bond acceptors (Lipinski definition) is 4. The van der Waals surface area contributed by atoms with Crippen molar-refractivity contribution in [2.45, 2.75) is 19.9 Å². The van der Waals surface area contributed by atoms with Gasteiger partial charge >= 0.3 is 0 Å². The average Bonchev–Trinajstić information content (AvgIpc) is 2.41. The van der Waals surface area contributed by atoms with Crippen molar-refractivity contribution in [2.75, 3.05) is 5.32 Å². The molecule has 0 saturated heterocycles. The first kappa shape index (κ1) is 14.3. The molecule has 5 nitrogen and oxygen atoms in total. The monoisotopic (exact) mass is 291 g/mol. The van der Waals surface area contributed by atoms with Crippen LogP contribution in [0, 0.1) is 17.0 Å². The smallest absolute Gasteiger partial charge is 0.272 e. The molecule has 0 radical (unpaired) electrons. The first-order valence-corrected chi connectivity index (χ1v) is 6.48. The summed E-state index contributed by atoms with van der Waals surface area (Å²) >= 11 is 6.05. The van der Waals surface area contributed by atoms with Crippen LogP contribution in [0.15, 0.2) is 36.7 Å². The summed E-state index contributed by atoms with van der Waals surface area (Å²) in [6.45, 7) is 3.63. The molecule has 1 unspecified atom stereocenters. The van der Waals surface area contributed by atoms with E-state index in [2.05, 4.69) is 10.3 Å². The molecule has 1 aromatic carbocycles. The van der Waals surface area contributed by atoms with Crippen LogP contribution < -0.4 is 5.32 Å². The van der Waals surface area contributed by atoms with Crippen molar-refractivity contribution in [1.82, 2.24) is 4.98 Å². The van der Waals surface area contributed by atoms with Crippen LogP contribution in [0.3, 0.4) is 0 Å². The van der Waals surface area contributed by atoms with Crippen LogP contribution in [0.4, 0.5) is 11.4 Å². The number of halogens is 1. The highest BCUT2D eigenvalue weighted by molar-refractivity contribution is 6.33. The molecule has 2 aromatic rings. The Morgan fingerprint density at radius 2 is 2.15 bits per heavy atom. The van der Waals surface area contributed by atoms with Crippen molar-refractivity contribution in [2.24, 2.45) is 0 Å². The summed E-state index contributed by atoms with van der Waals surface area (Å²) in [6, 6.07) is 6.77. The predicted molar refractivity (Wildman–Crippen MR) is 79.1 cm³/mol. The highest BCUT2D eigenvalue weighted by atomic mass is 35.5. The molecule has 0 amide bonds. The summed E-state index contributed by atoms with van der Waals surface area (Å²) in [7, 11) is 0. The Morgan fingerprint density at radius 3 is 2.80 bits per heavy atom. The van der Waals surface area contributed by atoms with Gasteiger partial charge in [0.25, 0.3) is 5.69 Å². The maximum absolute atomic E-state index is 11.0. The van der Waals surface area contributed by atoms with Gasteiger partial charge < -0.3 is 5.32 Å². The minimum absolute atomic E-state index is 0.115. The Kier molecular flexibility index (Phi) is 4.20. The van der Waals surface area contributed by atoms with Gasteiger partial charge in [-0.05, 0) is 25.5 Å². The van der Waals surface area contributed by atoms with Gasteiger partial charge in [0.15, 0.2) is 0 Å². The highest BCUT2D eigenvalue weighted by Crippen LogP contribution is 2.28. The summed E-state index contributed by atoms with van der Waals surface area (Å²) in [5.74, 6) is 0. The lowest BCUT2D eigenvalue weighted by molar-refractivity contribution is -0.385. The number of nitrogens with one attached hydrogen (secondary N) is 1. The van der Waals surface area contributed by atoms with Gasteiger partial charge in [-0.2, -0.15) is 0 Å². The minimum atomic E-state index is -0.372. The molecule has 0 bridgehead atoms. The second-order valence-corrected chi connectivity index (χ2v) is 4.93. The van der Waals surface area contributed by atoms with E-state index in [1.54, 1.807) is 37.5 Å². The predicted octanol–water partition coefficient (Wildman–Crippen LogP) is 4.12. The van der Waals surface area contributed by atoms with E-state index in [0.717, 1.165) is 5.56 Å². The third-order valence-electron chi connectivity index (χ3n) is 3.07. The number of benzene rings is 1. The fraction of sp³-hybridized carbons (Fsp3) is 0.214. The number of hydrogen-bond donors (Lipinski definition) is 1. The molecule has 0 aliphatic rings. The number of nitro benzene ring substituents is 1. The van der Waals surface area contributed by atoms with Crippen molar-refractivity contribution < 1.29 is 4.92 Å². The number of nitro groups is 1. The first-order chi connectivity index (χ1) is 9.49. The van der Waals surface area contributed by atoms with E-state index in [1.807, 2.05) is 13.0 Å². The maximum atomic E-state index is 11.0. The first-order valence-electron chi connectivity index (χ1n) is 6.10. The fourth-order valence-corrected chi connectivity index (χ4v) is 2.05. The van der Waals surface area contributed by atoms with Gasteiger partial charge in [0.1, 0.15) is 0 Å². The second-order valence-electron chi connectivity index (χ2n) is 4.52. The third-order valence-corrected chi connectivity index (χ3v) is 3.40. The van der Waals surface area contributed by atoms with Gasteiger partial charge in [-0.3, -0.25) is 15.1 Å². The van der Waals surface area contributed by atoms with Crippen LogP contribution in [0.2, 0.25) is 5.02 Å². The van der Waals surface area contributed by atoms with E-state index in [0.29, 0.717) is 16.3 Å². The summed E-state index contributed by atoms with van der Waals surface area (Å²) < 4.78 is 0. The van der Waals surface area contributed by atoms with Crippen LogP contribution >= 0.6 is 11.6 Å². The molecule has 0 spiro atoms. The van der Waals surface area contributed by atoms with Crippen LogP contribution in [-0.2, 0) is 0 Å². The third kappa shape index (κ3) is 3.05. The van der Waals surface area contributed by atoms with Gasteiger partial charge in [-0.15, -0.1) is 0 Å². The molecular weight excluding hydrogens is 278 g/mol. The Balaban J connectivity index is 2.26. The quantitative estimate of drug-likeness (QED) is 0.679. The van der Waals surface area contributed by atoms with E-state index >= 15 is 0 Å². The van der Waals surface area contributed by atoms with Gasteiger partial charge in [0.2, 0.25) is 0 Å². The molecule has 20 heavy (non-hydrogen) atoms. The van der Waals surface area contributed by atoms with Crippen molar-refractivity contribution in [1.29, 1.82) is 0 Å². The van der Waals surface area contributed by atoms with Crippen molar-refractivity contribution >= 4 is 23.0 Å². The number of rotatable bonds is 4. The fourth-order valence-electron chi connectivity index (χ4n) is 1.89. The molecular formula is C14H14ClN3O2. The number of aryl methyl sites for hydroxylation is 1. The zero-order chi connectivity index (χ0) is 14.7. The van der Waals surface area contributed by atoms with Crippen LogP contribution in [-0.4, -0.2) is 9.91 Å². The van der Waals surface area contributed by atoms with Gasteiger partial charge in [-0.1, -0.05) is 23.7 Å². The molecule has 1 N–H and O–H groups in total. The Bertz CT molecular complexity index is 646. The van der Waals surface area contributed by atoms with Gasteiger partial charge in [-0.25, -0.2) is 0 Å². The molecule has 0 aliphatic heterocycles. The van der Waals surface area contributed by atoms with Gasteiger partial charge in [0, 0.05) is 23.9 Å². The number of nitrogens with zero attached hydrogens (tertiary/aromatic N) is 2.